The largest absolute Gasteiger partial charge is 0.497 e. The van der Waals surface area contributed by atoms with Gasteiger partial charge in [0.15, 0.2) is 0 Å². The number of benzene rings is 1. The van der Waals surface area contributed by atoms with Crippen molar-refractivity contribution in [2.45, 2.75) is 72.3 Å². The molecule has 31 heavy (non-hydrogen) atoms. The maximum atomic E-state index is 12.9. The lowest BCUT2D eigenvalue weighted by atomic mass is 9.84. The van der Waals surface area contributed by atoms with Crippen LogP contribution < -0.4 is 4.74 Å². The highest BCUT2D eigenvalue weighted by atomic mass is 16.5. The van der Waals surface area contributed by atoms with Crippen molar-refractivity contribution < 1.29 is 14.3 Å². The second-order valence-corrected chi connectivity index (χ2v) is 9.88. The van der Waals surface area contributed by atoms with Crippen LogP contribution in [0, 0.1) is 17.8 Å². The molecule has 0 aromatic heterocycles. The van der Waals surface area contributed by atoms with Crippen LogP contribution >= 0.6 is 0 Å². The third kappa shape index (κ3) is 7.86. The summed E-state index contributed by atoms with van der Waals surface area (Å²) in [6.45, 7) is 10.1. The van der Waals surface area contributed by atoms with E-state index in [0.29, 0.717) is 30.6 Å². The van der Waals surface area contributed by atoms with Crippen molar-refractivity contribution in [3.63, 3.8) is 0 Å². The van der Waals surface area contributed by atoms with E-state index in [1.54, 1.807) is 7.11 Å². The first kappa shape index (κ1) is 25.2. The molecule has 0 radical (unpaired) electrons. The molecule has 0 aliphatic carbocycles. The number of ether oxygens (including phenoxy) is 1. The number of likely N-dealkylation sites (tertiary alicyclic amines) is 1. The Labute approximate surface area is 189 Å². The number of likely N-dealkylation sites (N-methyl/N-ethyl adjacent to an activating group) is 1. The summed E-state index contributed by atoms with van der Waals surface area (Å²) in [5.74, 6) is 2.61. The summed E-state index contributed by atoms with van der Waals surface area (Å²) in [6.07, 6.45) is 4.86. The van der Waals surface area contributed by atoms with E-state index in [4.69, 9.17) is 4.74 Å². The first-order valence-electron chi connectivity index (χ1n) is 11.9. The van der Waals surface area contributed by atoms with Gasteiger partial charge in [0.05, 0.1) is 7.11 Å². The van der Waals surface area contributed by atoms with Gasteiger partial charge < -0.3 is 14.5 Å². The summed E-state index contributed by atoms with van der Waals surface area (Å²) in [4.78, 5) is 29.5. The fourth-order valence-corrected chi connectivity index (χ4v) is 4.44. The van der Waals surface area contributed by atoms with Crippen LogP contribution in [0.15, 0.2) is 24.3 Å². The maximum Gasteiger partial charge on any atom is 0.222 e. The highest BCUT2D eigenvalue weighted by Crippen LogP contribution is 2.28. The molecule has 5 heteroatoms. The van der Waals surface area contributed by atoms with Crippen molar-refractivity contribution in [2.24, 2.45) is 17.8 Å². The number of amides is 2. The highest BCUT2D eigenvalue weighted by Gasteiger charge is 2.32. The van der Waals surface area contributed by atoms with Crippen molar-refractivity contribution in [1.82, 2.24) is 9.80 Å². The van der Waals surface area contributed by atoms with Gasteiger partial charge in [0.1, 0.15) is 5.75 Å². The molecule has 0 saturated carbocycles. The molecule has 1 aromatic rings. The van der Waals surface area contributed by atoms with Crippen LogP contribution in [-0.4, -0.2) is 54.9 Å². The van der Waals surface area contributed by atoms with Gasteiger partial charge in [0.25, 0.3) is 0 Å². The lowest BCUT2D eigenvalue weighted by Gasteiger charge is -2.40. The van der Waals surface area contributed by atoms with E-state index in [1.807, 2.05) is 29.0 Å². The fraction of sp³-hybridized carbons (Fsp3) is 0.692. The fourth-order valence-electron chi connectivity index (χ4n) is 4.44. The second kappa shape index (κ2) is 12.1. The Morgan fingerprint density at radius 1 is 1.13 bits per heavy atom. The minimum atomic E-state index is 0.131. The number of methoxy groups -OCH3 is 1. The minimum absolute atomic E-state index is 0.131. The molecule has 2 rings (SSSR count). The molecule has 1 aromatic carbocycles. The van der Waals surface area contributed by atoms with Crippen molar-refractivity contribution in [1.29, 1.82) is 0 Å². The van der Waals surface area contributed by atoms with Gasteiger partial charge in [-0.25, -0.2) is 0 Å². The van der Waals surface area contributed by atoms with Gasteiger partial charge in [-0.3, -0.25) is 9.59 Å². The lowest BCUT2D eigenvalue weighted by molar-refractivity contribution is -0.137. The van der Waals surface area contributed by atoms with E-state index >= 15 is 0 Å². The van der Waals surface area contributed by atoms with Crippen LogP contribution in [0.1, 0.15) is 65.4 Å². The Balaban J connectivity index is 2.09. The molecule has 0 unspecified atom stereocenters. The van der Waals surface area contributed by atoms with Gasteiger partial charge in [0.2, 0.25) is 11.8 Å². The summed E-state index contributed by atoms with van der Waals surface area (Å²) in [6, 6.07) is 8.27. The Hall–Kier alpha value is -2.04. The summed E-state index contributed by atoms with van der Waals surface area (Å²) >= 11 is 0. The molecule has 5 nitrogen and oxygen atoms in total. The van der Waals surface area contributed by atoms with Gasteiger partial charge in [-0.15, -0.1) is 0 Å². The number of rotatable bonds is 10. The van der Waals surface area contributed by atoms with Crippen molar-refractivity contribution >= 4 is 11.8 Å². The molecule has 174 valence electrons. The molecule has 0 N–H and O–H groups in total. The Morgan fingerprint density at radius 3 is 2.39 bits per heavy atom. The van der Waals surface area contributed by atoms with Gasteiger partial charge in [-0.05, 0) is 61.1 Å². The zero-order valence-electron chi connectivity index (χ0n) is 20.4. The Bertz CT molecular complexity index is 708. The highest BCUT2D eigenvalue weighted by molar-refractivity contribution is 5.77. The van der Waals surface area contributed by atoms with Gasteiger partial charge in [-0.1, -0.05) is 39.8 Å². The third-order valence-corrected chi connectivity index (χ3v) is 6.42. The standard InChI is InChI=1S/C26H42N2O3/c1-19(2)10-11-25(29)28-14-12-22(13-15-28)24(27(5)26(30)16-20(3)4)18-21-8-7-9-23(17-21)31-6/h7-9,17,19-20,22,24H,10-16,18H2,1-6H3/t24-/m1/s1. The molecule has 1 aliphatic heterocycles. The average Bonchev–Trinajstić information content (AvgIpc) is 2.75. The predicted molar refractivity (Wildman–Crippen MR) is 126 cm³/mol. The Kier molecular flexibility index (Phi) is 9.86. The molecule has 1 saturated heterocycles. The van der Waals surface area contributed by atoms with Crippen LogP contribution in [0.4, 0.5) is 0 Å². The van der Waals surface area contributed by atoms with E-state index in [2.05, 4.69) is 39.8 Å². The minimum Gasteiger partial charge on any atom is -0.497 e. The van der Waals surface area contributed by atoms with Crippen molar-refractivity contribution in [3.8, 4) is 5.75 Å². The SMILES string of the molecule is COc1cccc(C[C@H](C2CCN(C(=O)CCC(C)C)CC2)N(C)C(=O)CC(C)C)c1. The number of nitrogens with zero attached hydrogens (tertiary/aromatic N) is 2. The topological polar surface area (TPSA) is 49.9 Å². The zero-order chi connectivity index (χ0) is 23.0. The monoisotopic (exact) mass is 430 g/mol. The van der Waals surface area contributed by atoms with Crippen LogP contribution in [0.2, 0.25) is 0 Å². The molecular formula is C26H42N2O3. The normalized spacial score (nSPS) is 15.9. The van der Waals surface area contributed by atoms with E-state index in [9.17, 15) is 9.59 Å². The number of piperidine rings is 1. The van der Waals surface area contributed by atoms with E-state index in [0.717, 1.165) is 44.5 Å². The third-order valence-electron chi connectivity index (χ3n) is 6.42. The van der Waals surface area contributed by atoms with E-state index in [1.165, 1.54) is 5.56 Å². The van der Waals surface area contributed by atoms with Crippen molar-refractivity contribution in [3.05, 3.63) is 29.8 Å². The molecule has 1 fully saturated rings. The molecule has 1 atom stereocenters. The molecule has 1 heterocycles. The van der Waals surface area contributed by atoms with E-state index in [-0.39, 0.29) is 17.9 Å². The number of hydrogen-bond donors (Lipinski definition) is 0. The zero-order valence-corrected chi connectivity index (χ0v) is 20.4. The average molecular weight is 431 g/mol. The van der Waals surface area contributed by atoms with Crippen LogP contribution in [-0.2, 0) is 16.0 Å². The summed E-state index contributed by atoms with van der Waals surface area (Å²) in [7, 11) is 3.64. The number of carbonyl (C=O) groups is 2. The Morgan fingerprint density at radius 2 is 1.81 bits per heavy atom. The molecule has 0 bridgehead atoms. The van der Waals surface area contributed by atoms with Crippen LogP contribution in [0.25, 0.3) is 0 Å². The van der Waals surface area contributed by atoms with Crippen molar-refractivity contribution in [2.75, 3.05) is 27.2 Å². The number of carbonyl (C=O) groups excluding carboxylic acids is 2. The molecule has 0 spiro atoms. The van der Waals surface area contributed by atoms with E-state index < -0.39 is 0 Å². The van der Waals surface area contributed by atoms with Gasteiger partial charge in [0, 0.05) is 39.0 Å². The first-order valence-corrected chi connectivity index (χ1v) is 11.9. The first-order chi connectivity index (χ1) is 14.7. The summed E-state index contributed by atoms with van der Waals surface area (Å²) < 4.78 is 5.40. The summed E-state index contributed by atoms with van der Waals surface area (Å²) in [5.41, 5.74) is 1.18. The number of hydrogen-bond acceptors (Lipinski definition) is 3. The molecule has 2 amide bonds. The second-order valence-electron chi connectivity index (χ2n) is 9.88. The maximum absolute atomic E-state index is 12.9. The molecule has 1 aliphatic rings. The summed E-state index contributed by atoms with van der Waals surface area (Å²) in [5, 5.41) is 0. The lowest BCUT2D eigenvalue weighted by Crippen LogP contribution is -2.48. The van der Waals surface area contributed by atoms with Crippen LogP contribution in [0.5, 0.6) is 5.75 Å². The smallest absolute Gasteiger partial charge is 0.222 e. The van der Waals surface area contributed by atoms with Gasteiger partial charge in [-0.2, -0.15) is 0 Å². The molecular weight excluding hydrogens is 388 g/mol. The quantitative estimate of drug-likeness (QED) is 0.536. The van der Waals surface area contributed by atoms with Crippen LogP contribution in [0.3, 0.4) is 0 Å². The predicted octanol–water partition coefficient (Wildman–Crippen LogP) is 4.79. The van der Waals surface area contributed by atoms with Gasteiger partial charge >= 0.3 is 0 Å².